The number of aryl methyl sites for hydroxylation is 1. The Morgan fingerprint density at radius 3 is 2.37 bits per heavy atom. The predicted octanol–water partition coefficient (Wildman–Crippen LogP) is 3.16. The number of carbonyl (C=O) groups is 2. The van der Waals surface area contributed by atoms with Crippen LogP contribution in [0.25, 0.3) is 0 Å². The largest absolute Gasteiger partial charge is 0.497 e. The Kier molecular flexibility index (Phi) is 7.03. The SMILES string of the molecule is CCc1ccc(CNC(=O)c2snc(C(=O)NCc3cccc(OC)c3)c2N)cc1. The van der Waals surface area contributed by atoms with Gasteiger partial charge in [0.1, 0.15) is 10.6 Å². The van der Waals surface area contributed by atoms with E-state index in [0.29, 0.717) is 18.8 Å². The molecule has 3 rings (SSSR count). The second kappa shape index (κ2) is 9.89. The van der Waals surface area contributed by atoms with E-state index in [1.807, 2.05) is 48.5 Å². The van der Waals surface area contributed by atoms with Crippen molar-refractivity contribution >= 4 is 29.0 Å². The number of nitrogens with two attached hydrogens (primary N) is 1. The summed E-state index contributed by atoms with van der Waals surface area (Å²) in [5.41, 5.74) is 9.28. The van der Waals surface area contributed by atoms with E-state index in [0.717, 1.165) is 29.1 Å². The van der Waals surface area contributed by atoms with Crippen molar-refractivity contribution < 1.29 is 14.3 Å². The van der Waals surface area contributed by atoms with Crippen molar-refractivity contribution in [3.63, 3.8) is 0 Å². The van der Waals surface area contributed by atoms with Gasteiger partial charge in [-0.25, -0.2) is 0 Å². The lowest BCUT2D eigenvalue weighted by molar-refractivity contribution is 0.0946. The zero-order valence-electron chi connectivity index (χ0n) is 16.9. The van der Waals surface area contributed by atoms with Crippen molar-refractivity contribution in [3.8, 4) is 5.75 Å². The van der Waals surface area contributed by atoms with Crippen molar-refractivity contribution in [1.29, 1.82) is 0 Å². The third-order valence-corrected chi connectivity index (χ3v) is 5.48. The Morgan fingerprint density at radius 1 is 1.00 bits per heavy atom. The van der Waals surface area contributed by atoms with Crippen molar-refractivity contribution in [2.75, 3.05) is 12.8 Å². The Balaban J connectivity index is 1.59. The number of ether oxygens (including phenoxy) is 1. The van der Waals surface area contributed by atoms with Gasteiger partial charge in [0.25, 0.3) is 11.8 Å². The molecule has 2 aromatic carbocycles. The fourth-order valence-corrected chi connectivity index (χ4v) is 3.54. The molecule has 0 aliphatic rings. The van der Waals surface area contributed by atoms with Gasteiger partial charge in [-0.2, -0.15) is 4.37 Å². The fraction of sp³-hybridized carbons (Fsp3) is 0.227. The summed E-state index contributed by atoms with van der Waals surface area (Å²) in [6.45, 7) is 2.76. The van der Waals surface area contributed by atoms with E-state index in [9.17, 15) is 9.59 Å². The predicted molar refractivity (Wildman–Crippen MR) is 118 cm³/mol. The summed E-state index contributed by atoms with van der Waals surface area (Å²) in [6, 6.07) is 15.4. The van der Waals surface area contributed by atoms with Gasteiger partial charge in [0, 0.05) is 13.1 Å². The van der Waals surface area contributed by atoms with Crippen LogP contribution in [-0.4, -0.2) is 23.3 Å². The maximum atomic E-state index is 12.5. The molecule has 0 atom stereocenters. The molecule has 0 spiro atoms. The summed E-state index contributed by atoms with van der Waals surface area (Å²) in [6.07, 6.45) is 0.965. The molecule has 1 heterocycles. The molecule has 30 heavy (non-hydrogen) atoms. The second-order valence-electron chi connectivity index (χ2n) is 6.66. The lowest BCUT2D eigenvalue weighted by atomic mass is 10.1. The number of carbonyl (C=O) groups excluding carboxylic acids is 2. The molecular weight excluding hydrogens is 400 g/mol. The summed E-state index contributed by atoms with van der Waals surface area (Å²) in [7, 11) is 1.58. The van der Waals surface area contributed by atoms with Crippen molar-refractivity contribution in [2.45, 2.75) is 26.4 Å². The number of nitrogens with one attached hydrogen (secondary N) is 2. The average Bonchev–Trinajstić information content (AvgIpc) is 3.17. The second-order valence-corrected chi connectivity index (χ2v) is 7.43. The van der Waals surface area contributed by atoms with Crippen molar-refractivity contribution in [1.82, 2.24) is 15.0 Å². The van der Waals surface area contributed by atoms with Crippen LogP contribution >= 0.6 is 11.5 Å². The molecule has 0 saturated carbocycles. The zero-order valence-corrected chi connectivity index (χ0v) is 17.7. The molecule has 2 amide bonds. The first-order chi connectivity index (χ1) is 14.5. The number of anilines is 1. The van der Waals surface area contributed by atoms with Gasteiger partial charge in [-0.3, -0.25) is 9.59 Å². The van der Waals surface area contributed by atoms with E-state index in [1.165, 1.54) is 5.56 Å². The molecule has 156 valence electrons. The van der Waals surface area contributed by atoms with Crippen LogP contribution in [0.1, 0.15) is 43.8 Å². The van der Waals surface area contributed by atoms with E-state index in [4.69, 9.17) is 10.5 Å². The summed E-state index contributed by atoms with van der Waals surface area (Å²) in [5.74, 6) is -0.0737. The molecule has 0 saturated heterocycles. The van der Waals surface area contributed by atoms with E-state index in [2.05, 4.69) is 21.9 Å². The average molecular weight is 425 g/mol. The third kappa shape index (κ3) is 5.15. The molecular formula is C22H24N4O3S. The fourth-order valence-electron chi connectivity index (χ4n) is 2.83. The van der Waals surface area contributed by atoms with E-state index in [1.54, 1.807) is 7.11 Å². The molecule has 7 nitrogen and oxygen atoms in total. The van der Waals surface area contributed by atoms with Gasteiger partial charge in [-0.15, -0.1) is 0 Å². The van der Waals surface area contributed by atoms with Gasteiger partial charge < -0.3 is 21.1 Å². The zero-order chi connectivity index (χ0) is 21.5. The van der Waals surface area contributed by atoms with E-state index < -0.39 is 5.91 Å². The first-order valence-electron chi connectivity index (χ1n) is 9.54. The standard InChI is InChI=1S/C22H24N4O3S/c1-3-14-7-9-15(10-8-14)12-25-22(28)20-18(23)19(26-30-20)21(27)24-13-16-5-4-6-17(11-16)29-2/h4-11H,3,12-13,23H2,1-2H3,(H,24,27)(H,25,28). The Hall–Kier alpha value is -3.39. The minimum absolute atomic E-state index is 0.0559. The molecule has 1 aromatic heterocycles. The normalized spacial score (nSPS) is 10.5. The Labute approximate surface area is 179 Å². The highest BCUT2D eigenvalue weighted by Crippen LogP contribution is 2.22. The van der Waals surface area contributed by atoms with Gasteiger partial charge in [0.05, 0.1) is 12.8 Å². The highest BCUT2D eigenvalue weighted by atomic mass is 32.1. The topological polar surface area (TPSA) is 106 Å². The van der Waals surface area contributed by atoms with Crippen LogP contribution in [0.4, 0.5) is 5.69 Å². The first kappa shape index (κ1) is 21.3. The molecule has 0 aliphatic carbocycles. The van der Waals surface area contributed by atoms with Crippen LogP contribution in [0.15, 0.2) is 48.5 Å². The molecule has 0 unspecified atom stereocenters. The van der Waals surface area contributed by atoms with Crippen LogP contribution < -0.4 is 21.1 Å². The summed E-state index contributed by atoms with van der Waals surface area (Å²) >= 11 is 0.914. The highest BCUT2D eigenvalue weighted by Gasteiger charge is 2.21. The number of rotatable bonds is 8. The molecule has 0 aliphatic heterocycles. The highest BCUT2D eigenvalue weighted by molar-refractivity contribution is 7.09. The van der Waals surface area contributed by atoms with Gasteiger partial charge in [-0.05, 0) is 46.8 Å². The summed E-state index contributed by atoms with van der Waals surface area (Å²) in [5, 5.41) is 5.59. The maximum absolute atomic E-state index is 12.5. The Morgan fingerprint density at radius 2 is 1.67 bits per heavy atom. The number of nitrogen functional groups attached to an aromatic ring is 1. The third-order valence-electron chi connectivity index (χ3n) is 4.62. The quantitative estimate of drug-likeness (QED) is 0.515. The smallest absolute Gasteiger partial charge is 0.273 e. The lowest BCUT2D eigenvalue weighted by Gasteiger charge is -2.07. The van der Waals surface area contributed by atoms with Crippen LogP contribution in [-0.2, 0) is 19.5 Å². The number of benzene rings is 2. The van der Waals surface area contributed by atoms with Gasteiger partial charge in [0.2, 0.25) is 0 Å². The summed E-state index contributed by atoms with van der Waals surface area (Å²) < 4.78 is 9.25. The first-order valence-corrected chi connectivity index (χ1v) is 10.3. The number of hydrogen-bond acceptors (Lipinski definition) is 6. The Bertz CT molecular complexity index is 1030. The minimum atomic E-state index is -0.430. The number of aromatic nitrogens is 1. The number of nitrogens with zero attached hydrogens (tertiary/aromatic N) is 1. The van der Waals surface area contributed by atoms with Gasteiger partial charge >= 0.3 is 0 Å². The molecule has 4 N–H and O–H groups in total. The van der Waals surface area contributed by atoms with Crippen LogP contribution in [0.3, 0.4) is 0 Å². The number of hydrogen-bond donors (Lipinski definition) is 3. The molecule has 3 aromatic rings. The van der Waals surface area contributed by atoms with Crippen LogP contribution in [0.2, 0.25) is 0 Å². The molecule has 0 radical (unpaired) electrons. The van der Waals surface area contributed by atoms with Crippen LogP contribution in [0, 0.1) is 0 Å². The van der Waals surface area contributed by atoms with E-state index in [-0.39, 0.29) is 22.2 Å². The van der Waals surface area contributed by atoms with Gasteiger partial charge in [0.15, 0.2) is 5.69 Å². The monoisotopic (exact) mass is 424 g/mol. The number of amides is 2. The van der Waals surface area contributed by atoms with Gasteiger partial charge in [-0.1, -0.05) is 43.3 Å². The van der Waals surface area contributed by atoms with Crippen molar-refractivity contribution in [3.05, 3.63) is 75.8 Å². The molecule has 0 bridgehead atoms. The van der Waals surface area contributed by atoms with Crippen molar-refractivity contribution in [2.24, 2.45) is 0 Å². The molecule has 0 fully saturated rings. The maximum Gasteiger partial charge on any atom is 0.273 e. The van der Waals surface area contributed by atoms with E-state index >= 15 is 0 Å². The lowest BCUT2D eigenvalue weighted by Crippen LogP contribution is -2.25. The molecule has 8 heteroatoms. The van der Waals surface area contributed by atoms with Crippen LogP contribution in [0.5, 0.6) is 5.75 Å². The minimum Gasteiger partial charge on any atom is -0.497 e. The summed E-state index contributed by atoms with van der Waals surface area (Å²) in [4.78, 5) is 25.2. The number of methoxy groups -OCH3 is 1.